The van der Waals surface area contributed by atoms with E-state index in [0.29, 0.717) is 6.54 Å². The minimum Gasteiger partial charge on any atom is -0.497 e. The summed E-state index contributed by atoms with van der Waals surface area (Å²) < 4.78 is 5.18. The number of hydrogen-bond donors (Lipinski definition) is 2. The fourth-order valence-electron chi connectivity index (χ4n) is 2.08. The number of aromatic nitrogens is 2. The lowest BCUT2D eigenvalue weighted by atomic mass is 10.2. The van der Waals surface area contributed by atoms with Crippen LogP contribution in [0.1, 0.15) is 18.2 Å². The molecule has 0 bridgehead atoms. The molecule has 6 heteroatoms. The van der Waals surface area contributed by atoms with Crippen molar-refractivity contribution < 1.29 is 4.74 Å². The zero-order valence-electron chi connectivity index (χ0n) is 13.3. The predicted molar refractivity (Wildman–Crippen MR) is 87.9 cm³/mol. The van der Waals surface area contributed by atoms with Crippen LogP contribution in [0.3, 0.4) is 0 Å². The summed E-state index contributed by atoms with van der Waals surface area (Å²) in [4.78, 5) is 6.72. The lowest BCUT2D eigenvalue weighted by Gasteiger charge is -2.22. The Morgan fingerprint density at radius 1 is 1.32 bits per heavy atom. The Bertz CT molecular complexity index is 577. The van der Waals surface area contributed by atoms with Crippen molar-refractivity contribution in [2.24, 2.45) is 4.99 Å². The molecule has 0 aliphatic heterocycles. The number of hydrogen-bond acceptors (Lipinski definition) is 3. The van der Waals surface area contributed by atoms with Crippen molar-refractivity contribution >= 4 is 5.96 Å². The molecule has 0 amide bonds. The molecule has 2 N–H and O–H groups in total. The second-order valence-electron chi connectivity index (χ2n) is 4.96. The molecule has 6 nitrogen and oxygen atoms in total. The average molecular weight is 301 g/mol. The molecule has 0 aliphatic rings. The third-order valence-electron chi connectivity index (χ3n) is 3.23. The van der Waals surface area contributed by atoms with Crippen molar-refractivity contribution in [3.63, 3.8) is 0 Å². The highest BCUT2D eigenvalue weighted by molar-refractivity contribution is 5.79. The van der Waals surface area contributed by atoms with Crippen LogP contribution in [-0.2, 0) is 13.1 Å². The number of nitrogens with zero attached hydrogens (tertiary/aromatic N) is 3. The first-order valence-electron chi connectivity index (χ1n) is 7.33. The zero-order valence-corrected chi connectivity index (χ0v) is 13.3. The maximum atomic E-state index is 5.18. The number of rotatable bonds is 6. The first kappa shape index (κ1) is 15.9. The Labute approximate surface area is 131 Å². The van der Waals surface area contributed by atoms with Gasteiger partial charge in [0.25, 0.3) is 0 Å². The molecule has 0 spiro atoms. The van der Waals surface area contributed by atoms with Crippen LogP contribution in [0.5, 0.6) is 5.75 Å². The number of ether oxygens (including phenoxy) is 1. The molecule has 2 aromatic rings. The summed E-state index contributed by atoms with van der Waals surface area (Å²) in [7, 11) is 3.70. The van der Waals surface area contributed by atoms with Gasteiger partial charge in [0.1, 0.15) is 5.75 Å². The van der Waals surface area contributed by atoms with E-state index in [1.165, 1.54) is 5.56 Å². The lowest BCUT2D eigenvalue weighted by Crippen LogP contribution is -2.38. The second kappa shape index (κ2) is 8.07. The molecule has 1 aromatic carbocycles. The highest BCUT2D eigenvalue weighted by Gasteiger charge is 2.07. The van der Waals surface area contributed by atoms with E-state index in [9.17, 15) is 0 Å². The molecule has 0 saturated carbocycles. The number of guanidine groups is 1. The Kier molecular flexibility index (Phi) is 5.82. The van der Waals surface area contributed by atoms with Gasteiger partial charge in [-0.3, -0.25) is 5.10 Å². The molecular weight excluding hydrogens is 278 g/mol. The Hall–Kier alpha value is -2.50. The first-order valence-corrected chi connectivity index (χ1v) is 7.33. The van der Waals surface area contributed by atoms with E-state index < -0.39 is 0 Å². The van der Waals surface area contributed by atoms with E-state index in [-0.39, 0.29) is 0 Å². The Balaban J connectivity index is 2.01. The van der Waals surface area contributed by atoms with E-state index >= 15 is 0 Å². The molecule has 22 heavy (non-hydrogen) atoms. The zero-order chi connectivity index (χ0) is 15.8. The summed E-state index contributed by atoms with van der Waals surface area (Å²) in [5.41, 5.74) is 2.20. The van der Waals surface area contributed by atoms with Gasteiger partial charge in [-0.25, -0.2) is 4.99 Å². The molecule has 0 aliphatic carbocycles. The van der Waals surface area contributed by atoms with Crippen molar-refractivity contribution in [3.8, 4) is 5.75 Å². The van der Waals surface area contributed by atoms with Crippen LogP contribution < -0.4 is 10.1 Å². The average Bonchev–Trinajstić information content (AvgIpc) is 3.05. The van der Waals surface area contributed by atoms with Gasteiger partial charge in [-0.2, -0.15) is 5.10 Å². The van der Waals surface area contributed by atoms with Gasteiger partial charge in [0.15, 0.2) is 5.96 Å². The number of methoxy groups -OCH3 is 1. The molecule has 0 fully saturated rings. The Morgan fingerprint density at radius 3 is 2.68 bits per heavy atom. The van der Waals surface area contributed by atoms with E-state index in [0.717, 1.165) is 30.5 Å². The van der Waals surface area contributed by atoms with Crippen molar-refractivity contribution in [2.45, 2.75) is 20.0 Å². The van der Waals surface area contributed by atoms with Crippen LogP contribution >= 0.6 is 0 Å². The van der Waals surface area contributed by atoms with Crippen molar-refractivity contribution in [1.29, 1.82) is 0 Å². The molecule has 1 aromatic heterocycles. The van der Waals surface area contributed by atoms with Gasteiger partial charge in [-0.05, 0) is 30.7 Å². The number of aromatic amines is 1. The highest BCUT2D eigenvalue weighted by atomic mass is 16.5. The maximum Gasteiger partial charge on any atom is 0.194 e. The lowest BCUT2D eigenvalue weighted by molar-refractivity contribution is 0.414. The third-order valence-corrected chi connectivity index (χ3v) is 3.23. The summed E-state index contributed by atoms with van der Waals surface area (Å²) >= 11 is 0. The SMILES string of the molecule is CCNC(=NCc1ccn[nH]1)N(C)Cc1ccc(OC)cc1. The van der Waals surface area contributed by atoms with Crippen molar-refractivity contribution in [2.75, 3.05) is 20.7 Å². The van der Waals surface area contributed by atoms with Gasteiger partial charge in [-0.1, -0.05) is 12.1 Å². The smallest absolute Gasteiger partial charge is 0.194 e. The number of benzene rings is 1. The quantitative estimate of drug-likeness (QED) is 0.633. The third kappa shape index (κ3) is 4.51. The van der Waals surface area contributed by atoms with Gasteiger partial charge in [0, 0.05) is 26.3 Å². The van der Waals surface area contributed by atoms with Crippen LogP contribution in [0.2, 0.25) is 0 Å². The van der Waals surface area contributed by atoms with Crippen LogP contribution in [0.25, 0.3) is 0 Å². The fraction of sp³-hybridized carbons (Fsp3) is 0.375. The molecular formula is C16H23N5O. The molecule has 0 unspecified atom stereocenters. The standard InChI is InChI=1S/C16H23N5O/c1-4-17-16(18-11-14-9-10-19-20-14)21(2)12-13-5-7-15(22-3)8-6-13/h5-10H,4,11-12H2,1-3H3,(H,17,18)(H,19,20). The van der Waals surface area contributed by atoms with Crippen LogP contribution in [-0.4, -0.2) is 41.8 Å². The normalized spacial score (nSPS) is 11.3. The second-order valence-corrected chi connectivity index (χ2v) is 4.96. The van der Waals surface area contributed by atoms with E-state index in [1.807, 2.05) is 25.2 Å². The molecule has 118 valence electrons. The number of aliphatic imine (C=N–C) groups is 1. The molecule has 0 radical (unpaired) electrons. The summed E-state index contributed by atoms with van der Waals surface area (Å²) in [6, 6.07) is 9.99. The Morgan fingerprint density at radius 2 is 2.09 bits per heavy atom. The van der Waals surface area contributed by atoms with Gasteiger partial charge < -0.3 is 15.0 Å². The summed E-state index contributed by atoms with van der Waals surface area (Å²) in [5.74, 6) is 1.74. The van der Waals surface area contributed by atoms with Crippen molar-refractivity contribution in [1.82, 2.24) is 20.4 Å². The highest BCUT2D eigenvalue weighted by Crippen LogP contribution is 2.12. The molecule has 2 rings (SSSR count). The first-order chi connectivity index (χ1) is 10.7. The van der Waals surface area contributed by atoms with Gasteiger partial charge in [0.05, 0.1) is 19.3 Å². The van der Waals surface area contributed by atoms with Gasteiger partial charge >= 0.3 is 0 Å². The maximum absolute atomic E-state index is 5.18. The van der Waals surface area contributed by atoms with E-state index in [2.05, 4.69) is 44.5 Å². The molecule has 0 atom stereocenters. The molecule has 0 saturated heterocycles. The van der Waals surface area contributed by atoms with Crippen LogP contribution in [0.15, 0.2) is 41.5 Å². The van der Waals surface area contributed by atoms with Crippen LogP contribution in [0, 0.1) is 0 Å². The number of H-pyrrole nitrogens is 1. The largest absolute Gasteiger partial charge is 0.497 e. The minimum absolute atomic E-state index is 0.579. The van der Waals surface area contributed by atoms with E-state index in [4.69, 9.17) is 4.74 Å². The topological polar surface area (TPSA) is 65.5 Å². The van der Waals surface area contributed by atoms with Gasteiger partial charge in [-0.15, -0.1) is 0 Å². The van der Waals surface area contributed by atoms with Crippen LogP contribution in [0.4, 0.5) is 0 Å². The van der Waals surface area contributed by atoms with E-state index in [1.54, 1.807) is 13.3 Å². The summed E-state index contributed by atoms with van der Waals surface area (Å²) in [6.07, 6.45) is 1.73. The predicted octanol–water partition coefficient (Wildman–Crippen LogP) is 2.02. The summed E-state index contributed by atoms with van der Waals surface area (Å²) in [5, 5.41) is 10.2. The minimum atomic E-state index is 0.579. The van der Waals surface area contributed by atoms with Gasteiger partial charge in [0.2, 0.25) is 0 Å². The summed E-state index contributed by atoms with van der Waals surface area (Å²) in [6.45, 7) is 4.25. The van der Waals surface area contributed by atoms with Crippen molar-refractivity contribution in [3.05, 3.63) is 47.8 Å². The number of nitrogens with one attached hydrogen (secondary N) is 2. The molecule has 1 heterocycles. The fourth-order valence-corrected chi connectivity index (χ4v) is 2.08. The monoisotopic (exact) mass is 301 g/mol.